The third-order valence-electron chi connectivity index (χ3n) is 1.62. The lowest BCUT2D eigenvalue weighted by atomic mass is 10.3. The molecule has 0 aromatic rings. The summed E-state index contributed by atoms with van der Waals surface area (Å²) in [6, 6.07) is 0. The maximum Gasteiger partial charge on any atom is 0.282 e. The molecule has 0 saturated heterocycles. The van der Waals surface area contributed by atoms with E-state index in [9.17, 15) is 0 Å². The fourth-order valence-electron chi connectivity index (χ4n) is 0.875. The summed E-state index contributed by atoms with van der Waals surface area (Å²) in [7, 11) is 4.64. The van der Waals surface area contributed by atoms with E-state index in [1.165, 1.54) is 0 Å². The van der Waals surface area contributed by atoms with Crippen LogP contribution in [0, 0.1) is 0 Å². The summed E-state index contributed by atoms with van der Waals surface area (Å²) >= 11 is 0. The Hall–Kier alpha value is -0.160. The second kappa shape index (κ2) is 5.49. The van der Waals surface area contributed by atoms with E-state index in [1.54, 1.807) is 21.3 Å². The third kappa shape index (κ3) is 3.16. The predicted molar refractivity (Wildman–Crippen MR) is 42.0 cm³/mol. The Kier molecular flexibility index (Phi) is 5.41. The van der Waals surface area contributed by atoms with Crippen molar-refractivity contribution in [3.63, 3.8) is 0 Å². The van der Waals surface area contributed by atoms with Gasteiger partial charge in [-0.1, -0.05) is 0 Å². The number of nitrogens with two attached hydrogens (primary N) is 1. The van der Waals surface area contributed by atoms with Crippen LogP contribution < -0.4 is 5.73 Å². The van der Waals surface area contributed by atoms with Crippen LogP contribution in [0.5, 0.6) is 0 Å². The van der Waals surface area contributed by atoms with Gasteiger partial charge in [0.2, 0.25) is 0 Å². The molecule has 68 valence electrons. The van der Waals surface area contributed by atoms with Crippen molar-refractivity contribution in [3.8, 4) is 0 Å². The SMILES string of the molecule is COC(CCCN)(OC)OC. The lowest BCUT2D eigenvalue weighted by Gasteiger charge is -2.28. The van der Waals surface area contributed by atoms with Gasteiger partial charge in [0.1, 0.15) is 0 Å². The van der Waals surface area contributed by atoms with Gasteiger partial charge in [0.05, 0.1) is 0 Å². The van der Waals surface area contributed by atoms with Gasteiger partial charge in [-0.05, 0) is 13.0 Å². The minimum absolute atomic E-state index is 0.609. The molecule has 0 saturated carbocycles. The number of hydrogen-bond acceptors (Lipinski definition) is 4. The van der Waals surface area contributed by atoms with Crippen LogP contribution in [0.3, 0.4) is 0 Å². The van der Waals surface area contributed by atoms with Crippen molar-refractivity contribution in [1.82, 2.24) is 0 Å². The molecule has 0 amide bonds. The lowest BCUT2D eigenvalue weighted by Crippen LogP contribution is -2.36. The molecule has 0 rings (SSSR count). The van der Waals surface area contributed by atoms with E-state index in [4.69, 9.17) is 19.9 Å². The maximum atomic E-state index is 5.33. The second-order valence-corrected chi connectivity index (χ2v) is 2.19. The van der Waals surface area contributed by atoms with Crippen molar-refractivity contribution in [2.24, 2.45) is 5.73 Å². The van der Waals surface area contributed by atoms with Crippen LogP contribution in [-0.4, -0.2) is 33.8 Å². The Labute approximate surface area is 67.6 Å². The van der Waals surface area contributed by atoms with E-state index >= 15 is 0 Å². The topological polar surface area (TPSA) is 53.7 Å². The van der Waals surface area contributed by atoms with Gasteiger partial charge in [0, 0.05) is 27.8 Å². The van der Waals surface area contributed by atoms with Gasteiger partial charge in [-0.3, -0.25) is 0 Å². The van der Waals surface area contributed by atoms with Gasteiger partial charge in [0.15, 0.2) is 0 Å². The van der Waals surface area contributed by atoms with E-state index in [1.807, 2.05) is 0 Å². The van der Waals surface area contributed by atoms with Crippen LogP contribution in [0.1, 0.15) is 12.8 Å². The number of hydrogen-bond donors (Lipinski definition) is 1. The molecule has 0 aliphatic heterocycles. The average Bonchev–Trinajstić information content (AvgIpc) is 2.08. The molecule has 0 heterocycles. The smallest absolute Gasteiger partial charge is 0.282 e. The normalized spacial score (nSPS) is 12.0. The van der Waals surface area contributed by atoms with Gasteiger partial charge in [0.25, 0.3) is 5.97 Å². The predicted octanol–water partition coefficient (Wildman–Crippen LogP) is 0.318. The first kappa shape index (κ1) is 10.8. The minimum atomic E-state index is -0.903. The molecular formula is C7H17NO3. The van der Waals surface area contributed by atoms with E-state index < -0.39 is 5.97 Å². The summed E-state index contributed by atoms with van der Waals surface area (Å²) in [5.74, 6) is -0.903. The van der Waals surface area contributed by atoms with E-state index in [-0.39, 0.29) is 0 Å². The fraction of sp³-hybridized carbons (Fsp3) is 1.00. The lowest BCUT2D eigenvalue weighted by molar-refractivity contribution is -0.355. The van der Waals surface area contributed by atoms with Gasteiger partial charge in [-0.25, -0.2) is 0 Å². The zero-order valence-electron chi connectivity index (χ0n) is 7.42. The van der Waals surface area contributed by atoms with Crippen molar-refractivity contribution in [2.75, 3.05) is 27.9 Å². The highest BCUT2D eigenvalue weighted by atomic mass is 16.9. The Morgan fingerprint density at radius 1 is 1.09 bits per heavy atom. The van der Waals surface area contributed by atoms with Crippen LogP contribution in [0.25, 0.3) is 0 Å². The highest BCUT2D eigenvalue weighted by molar-refractivity contribution is 4.55. The Morgan fingerprint density at radius 2 is 1.55 bits per heavy atom. The van der Waals surface area contributed by atoms with Gasteiger partial charge < -0.3 is 19.9 Å². The molecule has 4 nitrogen and oxygen atoms in total. The molecule has 0 unspecified atom stereocenters. The van der Waals surface area contributed by atoms with E-state index in [0.29, 0.717) is 13.0 Å². The van der Waals surface area contributed by atoms with Gasteiger partial charge >= 0.3 is 0 Å². The van der Waals surface area contributed by atoms with Crippen LogP contribution in [0.4, 0.5) is 0 Å². The maximum absolute atomic E-state index is 5.33. The zero-order valence-corrected chi connectivity index (χ0v) is 7.42. The molecule has 4 heteroatoms. The van der Waals surface area contributed by atoms with Gasteiger partial charge in [-0.2, -0.15) is 0 Å². The van der Waals surface area contributed by atoms with Crippen molar-refractivity contribution in [2.45, 2.75) is 18.8 Å². The van der Waals surface area contributed by atoms with E-state index in [0.717, 1.165) is 6.42 Å². The summed E-state index contributed by atoms with van der Waals surface area (Å²) in [5.41, 5.74) is 5.33. The Balaban J connectivity index is 3.84. The van der Waals surface area contributed by atoms with Gasteiger partial charge in [-0.15, -0.1) is 0 Å². The Morgan fingerprint density at radius 3 is 1.82 bits per heavy atom. The summed E-state index contributed by atoms with van der Waals surface area (Å²) < 4.78 is 15.1. The fourth-order valence-corrected chi connectivity index (χ4v) is 0.875. The quantitative estimate of drug-likeness (QED) is 0.573. The molecule has 0 atom stereocenters. The first-order chi connectivity index (χ1) is 5.24. The first-order valence-electron chi connectivity index (χ1n) is 3.60. The van der Waals surface area contributed by atoms with E-state index in [2.05, 4.69) is 0 Å². The molecule has 0 radical (unpaired) electrons. The van der Waals surface area contributed by atoms with Crippen LogP contribution in [-0.2, 0) is 14.2 Å². The summed E-state index contributed by atoms with van der Waals surface area (Å²) in [6.45, 7) is 0.609. The molecule has 0 aromatic carbocycles. The summed E-state index contributed by atoms with van der Waals surface area (Å²) in [5, 5.41) is 0. The highest BCUT2D eigenvalue weighted by Gasteiger charge is 2.28. The molecular weight excluding hydrogens is 146 g/mol. The van der Waals surface area contributed by atoms with Crippen molar-refractivity contribution in [3.05, 3.63) is 0 Å². The van der Waals surface area contributed by atoms with Crippen LogP contribution in [0.15, 0.2) is 0 Å². The zero-order chi connectivity index (χ0) is 8.74. The highest BCUT2D eigenvalue weighted by Crippen LogP contribution is 2.18. The number of ether oxygens (including phenoxy) is 3. The minimum Gasteiger partial charge on any atom is -0.331 e. The van der Waals surface area contributed by atoms with Crippen molar-refractivity contribution >= 4 is 0 Å². The molecule has 0 bridgehead atoms. The molecule has 0 aliphatic rings. The monoisotopic (exact) mass is 163 g/mol. The van der Waals surface area contributed by atoms with Crippen LogP contribution >= 0.6 is 0 Å². The van der Waals surface area contributed by atoms with Crippen molar-refractivity contribution < 1.29 is 14.2 Å². The molecule has 0 aromatic heterocycles. The number of rotatable bonds is 6. The average molecular weight is 163 g/mol. The molecule has 0 spiro atoms. The second-order valence-electron chi connectivity index (χ2n) is 2.19. The number of methoxy groups -OCH3 is 3. The molecule has 11 heavy (non-hydrogen) atoms. The third-order valence-corrected chi connectivity index (χ3v) is 1.62. The van der Waals surface area contributed by atoms with Crippen LogP contribution in [0.2, 0.25) is 0 Å². The van der Waals surface area contributed by atoms with Crippen molar-refractivity contribution in [1.29, 1.82) is 0 Å². The summed E-state index contributed by atoms with van der Waals surface area (Å²) in [4.78, 5) is 0. The summed E-state index contributed by atoms with van der Waals surface area (Å²) in [6.07, 6.45) is 1.46. The standard InChI is InChI=1S/C7H17NO3/c1-9-7(10-2,11-3)5-4-6-8/h4-6,8H2,1-3H3. The molecule has 0 aliphatic carbocycles. The Bertz CT molecular complexity index is 85.4. The molecule has 0 fully saturated rings. The first-order valence-corrected chi connectivity index (χ1v) is 3.60. The largest absolute Gasteiger partial charge is 0.331 e. The molecule has 2 N–H and O–H groups in total.